The summed E-state index contributed by atoms with van der Waals surface area (Å²) in [6, 6.07) is 13.6. The number of aromatic nitrogens is 2. The molecule has 1 atom stereocenters. The van der Waals surface area contributed by atoms with Gasteiger partial charge in [0.25, 0.3) is 0 Å². The number of anilines is 2. The summed E-state index contributed by atoms with van der Waals surface area (Å²) < 4.78 is 11.9. The van der Waals surface area contributed by atoms with E-state index in [1.165, 1.54) is 23.1 Å². The fraction of sp³-hybridized carbons (Fsp3) is 0.300. The van der Waals surface area contributed by atoms with Gasteiger partial charge in [0, 0.05) is 5.75 Å². The van der Waals surface area contributed by atoms with E-state index in [1.54, 1.807) is 7.11 Å². The molecule has 3 aromatic rings. The molecule has 0 spiro atoms. The van der Waals surface area contributed by atoms with Gasteiger partial charge in [-0.15, -0.1) is 10.2 Å². The molecule has 2 N–H and O–H groups in total. The highest BCUT2D eigenvalue weighted by atomic mass is 32.2. The maximum atomic E-state index is 10.2. The smallest absolute Gasteiger partial charge is 0.210 e. The van der Waals surface area contributed by atoms with Gasteiger partial charge in [0.05, 0.1) is 18.9 Å². The second kappa shape index (κ2) is 9.77. The molecule has 148 valence electrons. The minimum Gasteiger partial charge on any atom is -0.495 e. The minimum absolute atomic E-state index is 0.240. The van der Waals surface area contributed by atoms with Crippen LogP contribution in [0.25, 0.3) is 0 Å². The highest BCUT2D eigenvalue weighted by molar-refractivity contribution is 8.01. The summed E-state index contributed by atoms with van der Waals surface area (Å²) in [6.07, 6.45) is -0.599. The largest absolute Gasteiger partial charge is 0.495 e. The van der Waals surface area contributed by atoms with Crippen LogP contribution in [-0.2, 0) is 0 Å². The van der Waals surface area contributed by atoms with Gasteiger partial charge in [0.15, 0.2) is 4.34 Å². The van der Waals surface area contributed by atoms with Gasteiger partial charge in [-0.25, -0.2) is 0 Å². The van der Waals surface area contributed by atoms with Crippen LogP contribution in [0.3, 0.4) is 0 Å². The Kier molecular flexibility index (Phi) is 7.13. The summed E-state index contributed by atoms with van der Waals surface area (Å²) in [6.45, 7) is 4.24. The standard InChI is InChI=1S/C20H23N3O3S2/c1-13-7-6-8-14(2)18(13)26-11-15(24)12-27-20-23-22-19(28-20)21-16-9-4-5-10-17(16)25-3/h4-10,15,24H,11-12H2,1-3H3,(H,21,22)/t15-/m0/s1. The van der Waals surface area contributed by atoms with Crippen molar-refractivity contribution in [3.63, 3.8) is 0 Å². The number of para-hydroxylation sites is 3. The van der Waals surface area contributed by atoms with Crippen LogP contribution in [0.15, 0.2) is 46.8 Å². The molecule has 0 saturated heterocycles. The van der Waals surface area contributed by atoms with Crippen molar-refractivity contribution in [2.45, 2.75) is 24.3 Å². The van der Waals surface area contributed by atoms with Crippen LogP contribution in [0.2, 0.25) is 0 Å². The highest BCUT2D eigenvalue weighted by Gasteiger charge is 2.12. The molecule has 2 aromatic carbocycles. The number of rotatable bonds is 9. The Hall–Kier alpha value is -2.29. The minimum atomic E-state index is -0.599. The summed E-state index contributed by atoms with van der Waals surface area (Å²) >= 11 is 2.89. The van der Waals surface area contributed by atoms with E-state index >= 15 is 0 Å². The van der Waals surface area contributed by atoms with E-state index in [4.69, 9.17) is 9.47 Å². The quantitative estimate of drug-likeness (QED) is 0.499. The number of benzene rings is 2. The first-order valence-electron chi connectivity index (χ1n) is 8.80. The van der Waals surface area contributed by atoms with E-state index in [-0.39, 0.29) is 6.61 Å². The number of ether oxygens (including phenoxy) is 2. The monoisotopic (exact) mass is 417 g/mol. The molecule has 8 heteroatoms. The number of nitrogens with one attached hydrogen (secondary N) is 1. The third kappa shape index (κ3) is 5.37. The molecule has 0 saturated carbocycles. The number of aliphatic hydroxyl groups is 1. The maximum Gasteiger partial charge on any atom is 0.210 e. The molecule has 0 aliphatic carbocycles. The number of hydrogen-bond acceptors (Lipinski definition) is 8. The van der Waals surface area contributed by atoms with Gasteiger partial charge in [0.2, 0.25) is 5.13 Å². The van der Waals surface area contributed by atoms with Crippen molar-refractivity contribution in [1.29, 1.82) is 0 Å². The lowest BCUT2D eigenvalue weighted by atomic mass is 10.1. The van der Waals surface area contributed by atoms with Crippen molar-refractivity contribution in [1.82, 2.24) is 10.2 Å². The Morgan fingerprint density at radius 1 is 1.11 bits per heavy atom. The van der Waals surface area contributed by atoms with Gasteiger partial charge in [-0.1, -0.05) is 53.4 Å². The molecule has 0 bridgehead atoms. The van der Waals surface area contributed by atoms with Gasteiger partial charge in [-0.3, -0.25) is 0 Å². The van der Waals surface area contributed by atoms with Crippen LogP contribution in [-0.4, -0.2) is 40.9 Å². The number of aryl methyl sites for hydroxylation is 2. The Morgan fingerprint density at radius 2 is 1.86 bits per heavy atom. The molecule has 0 aliphatic heterocycles. The average Bonchev–Trinajstić information content (AvgIpc) is 3.14. The fourth-order valence-electron chi connectivity index (χ4n) is 2.60. The van der Waals surface area contributed by atoms with Crippen LogP contribution < -0.4 is 14.8 Å². The van der Waals surface area contributed by atoms with Gasteiger partial charge in [-0.05, 0) is 37.1 Å². The molecular weight excluding hydrogens is 394 g/mol. The highest BCUT2D eigenvalue weighted by Crippen LogP contribution is 2.31. The Balaban J connectivity index is 1.50. The lowest BCUT2D eigenvalue weighted by Crippen LogP contribution is -2.20. The van der Waals surface area contributed by atoms with Gasteiger partial charge in [0.1, 0.15) is 18.1 Å². The van der Waals surface area contributed by atoms with Crippen LogP contribution in [0.5, 0.6) is 11.5 Å². The van der Waals surface area contributed by atoms with Crippen molar-refractivity contribution in [2.75, 3.05) is 24.8 Å². The van der Waals surface area contributed by atoms with E-state index in [0.717, 1.165) is 32.7 Å². The first-order valence-corrected chi connectivity index (χ1v) is 10.6. The summed E-state index contributed by atoms with van der Waals surface area (Å²) in [5, 5.41) is 22.4. The maximum absolute atomic E-state index is 10.2. The van der Waals surface area contributed by atoms with Gasteiger partial charge < -0.3 is 19.9 Å². The van der Waals surface area contributed by atoms with Crippen molar-refractivity contribution >= 4 is 33.9 Å². The number of nitrogens with zero attached hydrogens (tertiary/aromatic N) is 2. The Labute approximate surface area is 172 Å². The van der Waals surface area contributed by atoms with E-state index in [0.29, 0.717) is 10.9 Å². The lowest BCUT2D eigenvalue weighted by Gasteiger charge is -2.15. The molecule has 1 aromatic heterocycles. The predicted molar refractivity (Wildman–Crippen MR) is 114 cm³/mol. The zero-order valence-electron chi connectivity index (χ0n) is 16.0. The fourth-order valence-corrected chi connectivity index (χ4v) is 4.30. The molecule has 0 fully saturated rings. The molecule has 3 rings (SSSR count). The number of thioether (sulfide) groups is 1. The Morgan fingerprint density at radius 3 is 2.61 bits per heavy atom. The van der Waals surface area contributed by atoms with Crippen LogP contribution in [0.4, 0.5) is 10.8 Å². The number of hydrogen-bond donors (Lipinski definition) is 2. The van der Waals surface area contributed by atoms with E-state index in [9.17, 15) is 5.11 Å². The SMILES string of the molecule is COc1ccccc1Nc1nnc(SC[C@@H](O)COc2c(C)cccc2C)s1. The average molecular weight is 418 g/mol. The van der Waals surface area contributed by atoms with Crippen LogP contribution in [0, 0.1) is 13.8 Å². The van der Waals surface area contributed by atoms with Crippen molar-refractivity contribution in [3.8, 4) is 11.5 Å². The lowest BCUT2D eigenvalue weighted by molar-refractivity contribution is 0.125. The first kappa shape index (κ1) is 20.4. The zero-order valence-corrected chi connectivity index (χ0v) is 17.6. The van der Waals surface area contributed by atoms with E-state index in [2.05, 4.69) is 15.5 Å². The molecule has 28 heavy (non-hydrogen) atoms. The molecule has 0 radical (unpaired) electrons. The normalized spacial score (nSPS) is 11.9. The molecular formula is C20H23N3O3S2. The Bertz CT molecular complexity index is 897. The molecule has 0 aliphatic rings. The number of aliphatic hydroxyl groups excluding tert-OH is 1. The summed E-state index contributed by atoms with van der Waals surface area (Å²) in [5.41, 5.74) is 2.96. The first-order chi connectivity index (χ1) is 13.6. The van der Waals surface area contributed by atoms with Gasteiger partial charge >= 0.3 is 0 Å². The topological polar surface area (TPSA) is 76.5 Å². The van der Waals surface area contributed by atoms with E-state index in [1.807, 2.05) is 56.3 Å². The third-order valence-electron chi connectivity index (χ3n) is 3.98. The van der Waals surface area contributed by atoms with Crippen molar-refractivity contribution < 1.29 is 14.6 Å². The van der Waals surface area contributed by atoms with Crippen LogP contribution >= 0.6 is 23.1 Å². The summed E-state index contributed by atoms with van der Waals surface area (Å²) in [4.78, 5) is 0. The van der Waals surface area contributed by atoms with E-state index < -0.39 is 6.10 Å². The zero-order chi connectivity index (χ0) is 19.9. The molecule has 0 unspecified atom stereocenters. The molecule has 6 nitrogen and oxygen atoms in total. The second-order valence-corrected chi connectivity index (χ2v) is 8.44. The number of methoxy groups -OCH3 is 1. The second-order valence-electron chi connectivity index (χ2n) is 6.20. The van der Waals surface area contributed by atoms with Crippen molar-refractivity contribution in [2.24, 2.45) is 0 Å². The summed E-state index contributed by atoms with van der Waals surface area (Å²) in [5.74, 6) is 2.06. The summed E-state index contributed by atoms with van der Waals surface area (Å²) in [7, 11) is 1.63. The van der Waals surface area contributed by atoms with Crippen LogP contribution in [0.1, 0.15) is 11.1 Å². The molecule has 0 amide bonds. The van der Waals surface area contributed by atoms with Gasteiger partial charge in [-0.2, -0.15) is 0 Å². The third-order valence-corrected chi connectivity index (χ3v) is 6.10. The van der Waals surface area contributed by atoms with Crippen molar-refractivity contribution in [3.05, 3.63) is 53.6 Å². The molecule has 1 heterocycles. The predicted octanol–water partition coefficient (Wildman–Crippen LogP) is 4.44.